The highest BCUT2D eigenvalue weighted by Gasteiger charge is 2.39. The van der Waals surface area contributed by atoms with E-state index in [4.69, 9.17) is 4.84 Å². The zero-order chi connectivity index (χ0) is 24.8. The van der Waals surface area contributed by atoms with Gasteiger partial charge in [-0.3, -0.25) is 14.2 Å². The Balaban J connectivity index is 4.15. The second-order valence-corrected chi connectivity index (χ2v) is 11.7. The third kappa shape index (κ3) is 15.4. The average Bonchev–Trinajstić information content (AvgIpc) is 2.63. The van der Waals surface area contributed by atoms with Crippen LogP contribution in [0.5, 0.6) is 0 Å². The highest BCUT2D eigenvalue weighted by molar-refractivity contribution is 7.53. The van der Waals surface area contributed by atoms with Crippen LogP contribution in [0.2, 0.25) is 0 Å². The van der Waals surface area contributed by atoms with E-state index < -0.39 is 18.7 Å². The van der Waals surface area contributed by atoms with Gasteiger partial charge in [-0.1, -0.05) is 46.6 Å². The van der Waals surface area contributed by atoms with Crippen LogP contribution in [-0.2, 0) is 14.2 Å². The first-order valence-electron chi connectivity index (χ1n) is 11.3. The summed E-state index contributed by atoms with van der Waals surface area (Å²) < 4.78 is 11.4. The van der Waals surface area contributed by atoms with Gasteiger partial charge < -0.3 is 9.79 Å². The van der Waals surface area contributed by atoms with Gasteiger partial charge in [0.15, 0.2) is 0 Å². The largest absolute Gasteiger partial charge is 0.331 e. The summed E-state index contributed by atoms with van der Waals surface area (Å²) >= 11 is 0. The number of hydroxylamine groups is 1. The molecule has 0 aromatic carbocycles. The summed E-state index contributed by atoms with van der Waals surface area (Å²) in [5.41, 5.74) is 7.62. The van der Waals surface area contributed by atoms with E-state index in [1.165, 1.54) is 30.6 Å². The van der Waals surface area contributed by atoms with Crippen LogP contribution >= 0.6 is 7.60 Å². The molecule has 32 heavy (non-hydrogen) atoms. The van der Waals surface area contributed by atoms with Crippen molar-refractivity contribution in [2.24, 2.45) is 0 Å². The summed E-state index contributed by atoms with van der Waals surface area (Å²) in [6, 6.07) is 0. The standard InChI is InChI=1S/C25H44NO5P/c1-20(2)11-8-12-21(3)13-9-14-22(4)15-10-16-23(5)17-18-31-26-24(27)19-25(6,7)32(28,29)30/h11,13,15,17H,8-10,12,14,16,18-19H2,1-7H3,(H,26,27)(H2,28,29,30). The molecule has 0 bridgehead atoms. The molecule has 0 rings (SSSR count). The molecule has 0 radical (unpaired) electrons. The highest BCUT2D eigenvalue weighted by atomic mass is 31.2. The Hall–Kier alpha value is -1.46. The van der Waals surface area contributed by atoms with Gasteiger partial charge in [0.2, 0.25) is 5.91 Å². The van der Waals surface area contributed by atoms with E-state index in [0.717, 1.165) is 44.1 Å². The maximum atomic E-state index is 11.8. The monoisotopic (exact) mass is 469 g/mol. The molecule has 0 saturated heterocycles. The molecule has 0 aliphatic rings. The van der Waals surface area contributed by atoms with Crippen LogP contribution in [0.25, 0.3) is 0 Å². The maximum absolute atomic E-state index is 11.8. The average molecular weight is 470 g/mol. The summed E-state index contributed by atoms with van der Waals surface area (Å²) in [6.45, 7) is 13.6. The molecule has 0 unspecified atom stereocenters. The molecule has 1 amide bonds. The third-order valence-corrected chi connectivity index (χ3v) is 6.97. The van der Waals surface area contributed by atoms with Crippen LogP contribution in [-0.4, -0.2) is 27.5 Å². The van der Waals surface area contributed by atoms with E-state index in [1.54, 1.807) is 0 Å². The maximum Gasteiger partial charge on any atom is 0.331 e. The fourth-order valence-corrected chi connectivity index (χ4v) is 3.17. The number of carbonyl (C=O) groups excluding carboxylic acids is 1. The SMILES string of the molecule is CC(C)=CCCC(C)=CCCC(C)=CCCC(C)=CCONC(=O)CC(C)(C)P(=O)(O)O. The lowest BCUT2D eigenvalue weighted by molar-refractivity contribution is -0.133. The molecular formula is C25H44NO5P. The van der Waals surface area contributed by atoms with Crippen LogP contribution in [0, 0.1) is 0 Å². The molecule has 0 aliphatic heterocycles. The molecule has 184 valence electrons. The number of carbonyl (C=O) groups is 1. The van der Waals surface area contributed by atoms with Gasteiger partial charge >= 0.3 is 7.60 Å². The van der Waals surface area contributed by atoms with Crippen molar-refractivity contribution >= 4 is 13.5 Å². The van der Waals surface area contributed by atoms with Gasteiger partial charge in [-0.25, -0.2) is 5.48 Å². The quantitative estimate of drug-likeness (QED) is 0.110. The molecule has 6 nitrogen and oxygen atoms in total. The van der Waals surface area contributed by atoms with Crippen LogP contribution < -0.4 is 5.48 Å². The lowest BCUT2D eigenvalue weighted by Crippen LogP contribution is -2.32. The summed E-state index contributed by atoms with van der Waals surface area (Å²) in [4.78, 5) is 35.4. The molecule has 3 N–H and O–H groups in total. The van der Waals surface area contributed by atoms with Crippen molar-refractivity contribution in [1.82, 2.24) is 5.48 Å². The van der Waals surface area contributed by atoms with Crippen LogP contribution in [0.3, 0.4) is 0 Å². The molecule has 7 heteroatoms. The van der Waals surface area contributed by atoms with E-state index in [1.807, 2.05) is 13.0 Å². The molecule has 0 aromatic heterocycles. The molecule has 0 saturated carbocycles. The van der Waals surface area contributed by atoms with Crippen molar-refractivity contribution in [3.63, 3.8) is 0 Å². The predicted octanol–water partition coefficient (Wildman–Crippen LogP) is 6.53. The third-order valence-electron chi connectivity index (χ3n) is 5.24. The van der Waals surface area contributed by atoms with Gasteiger partial charge in [0.25, 0.3) is 0 Å². The van der Waals surface area contributed by atoms with Gasteiger partial charge in [0.05, 0.1) is 11.8 Å². The normalized spacial score (nSPS) is 13.8. The predicted molar refractivity (Wildman–Crippen MR) is 133 cm³/mol. The highest BCUT2D eigenvalue weighted by Crippen LogP contribution is 2.51. The van der Waals surface area contributed by atoms with Gasteiger partial charge in [-0.2, -0.15) is 0 Å². The minimum absolute atomic E-state index is 0.216. The topological polar surface area (TPSA) is 95.9 Å². The van der Waals surface area contributed by atoms with E-state index in [0.29, 0.717) is 0 Å². The van der Waals surface area contributed by atoms with Crippen molar-refractivity contribution < 1.29 is 24.0 Å². The smallest absolute Gasteiger partial charge is 0.324 e. The second kappa shape index (κ2) is 15.4. The number of allylic oxidation sites excluding steroid dienone is 7. The van der Waals surface area contributed by atoms with Gasteiger partial charge in [0, 0.05) is 6.42 Å². The van der Waals surface area contributed by atoms with Crippen molar-refractivity contribution in [2.75, 3.05) is 6.61 Å². The Kier molecular flexibility index (Phi) is 14.7. The number of amides is 1. The van der Waals surface area contributed by atoms with Crippen molar-refractivity contribution in [3.05, 3.63) is 46.6 Å². The Morgan fingerprint density at radius 2 is 1.28 bits per heavy atom. The van der Waals surface area contributed by atoms with E-state index in [-0.39, 0.29) is 13.0 Å². The molecule has 0 atom stereocenters. The summed E-state index contributed by atoms with van der Waals surface area (Å²) in [5.74, 6) is -0.552. The fourth-order valence-electron chi connectivity index (χ4n) is 2.83. The van der Waals surface area contributed by atoms with E-state index >= 15 is 0 Å². The number of rotatable bonds is 15. The number of hydrogen-bond acceptors (Lipinski definition) is 3. The fraction of sp³-hybridized carbons (Fsp3) is 0.640. The van der Waals surface area contributed by atoms with Crippen molar-refractivity contribution in [2.45, 2.75) is 98.6 Å². The van der Waals surface area contributed by atoms with Crippen molar-refractivity contribution in [3.8, 4) is 0 Å². The molecule has 0 fully saturated rings. The Morgan fingerprint density at radius 3 is 1.72 bits per heavy atom. The summed E-state index contributed by atoms with van der Waals surface area (Å²) in [5, 5.41) is -1.42. The molecule has 0 aromatic rings. The zero-order valence-corrected chi connectivity index (χ0v) is 21.9. The molecule has 0 heterocycles. The number of nitrogens with one attached hydrogen (secondary N) is 1. The van der Waals surface area contributed by atoms with Gasteiger partial charge in [-0.05, 0) is 87.0 Å². The minimum atomic E-state index is -4.36. The van der Waals surface area contributed by atoms with Crippen molar-refractivity contribution in [1.29, 1.82) is 0 Å². The molecular weight excluding hydrogens is 425 g/mol. The van der Waals surface area contributed by atoms with Crippen LogP contribution in [0.15, 0.2) is 46.6 Å². The molecule has 0 aliphatic carbocycles. The lowest BCUT2D eigenvalue weighted by atomic mass is 10.0. The Bertz CT molecular complexity index is 752. The summed E-state index contributed by atoms with van der Waals surface area (Å²) in [6.07, 6.45) is 14.7. The Labute approximate surface area is 195 Å². The molecule has 0 spiro atoms. The Morgan fingerprint density at radius 1 is 0.844 bits per heavy atom. The lowest BCUT2D eigenvalue weighted by Gasteiger charge is -2.24. The van der Waals surface area contributed by atoms with Crippen LogP contribution in [0.1, 0.15) is 93.4 Å². The van der Waals surface area contributed by atoms with Gasteiger partial charge in [0.1, 0.15) is 0 Å². The first-order valence-corrected chi connectivity index (χ1v) is 12.9. The first-order chi connectivity index (χ1) is 14.7. The van der Waals surface area contributed by atoms with E-state index in [9.17, 15) is 19.1 Å². The second-order valence-electron chi connectivity index (χ2n) is 9.42. The summed E-state index contributed by atoms with van der Waals surface area (Å²) in [7, 11) is -4.36. The minimum Gasteiger partial charge on any atom is -0.324 e. The zero-order valence-electron chi connectivity index (χ0n) is 21.0. The van der Waals surface area contributed by atoms with Crippen LogP contribution in [0.4, 0.5) is 0 Å². The van der Waals surface area contributed by atoms with E-state index in [2.05, 4.69) is 51.4 Å². The van der Waals surface area contributed by atoms with Gasteiger partial charge in [-0.15, -0.1) is 0 Å². The first kappa shape index (κ1) is 30.5. The number of hydrogen-bond donors (Lipinski definition) is 3.